The molecule has 0 aromatic carbocycles. The maximum absolute atomic E-state index is 12.2. The number of hydrogen-bond acceptors (Lipinski definition) is 7. The molecule has 1 saturated heterocycles. The Kier molecular flexibility index (Phi) is 5.57. The summed E-state index contributed by atoms with van der Waals surface area (Å²) in [6.07, 6.45) is 5.89. The van der Waals surface area contributed by atoms with Crippen LogP contribution < -0.4 is 0 Å². The molecule has 0 spiro atoms. The van der Waals surface area contributed by atoms with Gasteiger partial charge in [0.15, 0.2) is 0 Å². The summed E-state index contributed by atoms with van der Waals surface area (Å²) in [5.41, 5.74) is 0. The molecule has 0 N–H and O–H groups in total. The van der Waals surface area contributed by atoms with Gasteiger partial charge in [0.2, 0.25) is 0 Å². The minimum absolute atomic E-state index is 0.0269. The lowest BCUT2D eigenvalue weighted by Gasteiger charge is -2.21. The van der Waals surface area contributed by atoms with Crippen molar-refractivity contribution in [2.75, 3.05) is 7.05 Å². The zero-order valence-corrected chi connectivity index (χ0v) is 15.1. The van der Waals surface area contributed by atoms with E-state index in [0.29, 0.717) is 11.0 Å². The largest absolute Gasteiger partial charge is 0.338 e. The van der Waals surface area contributed by atoms with E-state index in [1.54, 1.807) is 0 Å². The van der Waals surface area contributed by atoms with Crippen LogP contribution in [0.2, 0.25) is 0 Å². The third-order valence-corrected chi connectivity index (χ3v) is 5.13. The Hall–Kier alpha value is -2.71. The lowest BCUT2D eigenvalue weighted by molar-refractivity contribution is -0.198. The van der Waals surface area contributed by atoms with Gasteiger partial charge in [-0.3, -0.25) is 14.4 Å². The molecule has 0 aromatic heterocycles. The highest BCUT2D eigenvalue weighted by atomic mass is 16.7. The topological polar surface area (TPSA) is 110 Å². The Morgan fingerprint density at radius 2 is 1.81 bits per heavy atom. The average molecular weight is 378 g/mol. The van der Waals surface area contributed by atoms with Crippen LogP contribution in [0.1, 0.15) is 44.9 Å². The molecule has 3 atom stereocenters. The lowest BCUT2D eigenvalue weighted by Crippen LogP contribution is -2.34. The molecule has 3 unspecified atom stereocenters. The van der Waals surface area contributed by atoms with Crippen molar-refractivity contribution in [1.82, 2.24) is 10.1 Å². The molecule has 2 bridgehead atoms. The van der Waals surface area contributed by atoms with E-state index in [2.05, 4.69) is 6.08 Å². The van der Waals surface area contributed by atoms with E-state index >= 15 is 0 Å². The molecule has 1 aliphatic heterocycles. The summed E-state index contributed by atoms with van der Waals surface area (Å²) in [4.78, 5) is 68.5. The van der Waals surface area contributed by atoms with E-state index in [-0.39, 0.29) is 43.9 Å². The van der Waals surface area contributed by atoms with Gasteiger partial charge in [0.1, 0.15) is 0 Å². The van der Waals surface area contributed by atoms with Crippen molar-refractivity contribution in [1.29, 1.82) is 0 Å². The van der Waals surface area contributed by atoms with Crippen molar-refractivity contribution in [2.45, 2.75) is 44.9 Å². The molecular formula is C18H22N2O7. The SMILES string of the molecule is CN(OC(=O)C1CC2C=CC1C2)C(=O)CCCC(=O)ON1C(=O)CCC1=O. The highest BCUT2D eigenvalue weighted by Gasteiger charge is 2.41. The molecule has 2 fully saturated rings. The van der Waals surface area contributed by atoms with Gasteiger partial charge < -0.3 is 9.68 Å². The monoisotopic (exact) mass is 378 g/mol. The number of hydroxylamine groups is 4. The van der Waals surface area contributed by atoms with Crippen LogP contribution >= 0.6 is 0 Å². The van der Waals surface area contributed by atoms with Gasteiger partial charge >= 0.3 is 11.9 Å². The Morgan fingerprint density at radius 1 is 1.11 bits per heavy atom. The number of amides is 3. The van der Waals surface area contributed by atoms with Crippen molar-refractivity contribution < 1.29 is 33.6 Å². The van der Waals surface area contributed by atoms with E-state index in [1.165, 1.54) is 7.05 Å². The van der Waals surface area contributed by atoms with Crippen LogP contribution in [0.15, 0.2) is 12.2 Å². The number of carbonyl (C=O) groups excluding carboxylic acids is 5. The van der Waals surface area contributed by atoms with Gasteiger partial charge in [-0.15, -0.1) is 5.06 Å². The number of rotatable bonds is 6. The van der Waals surface area contributed by atoms with E-state index < -0.39 is 29.7 Å². The Balaban J connectivity index is 1.35. The quantitative estimate of drug-likeness (QED) is 0.383. The maximum atomic E-state index is 12.2. The second kappa shape index (κ2) is 7.89. The first kappa shape index (κ1) is 19.1. The van der Waals surface area contributed by atoms with Crippen LogP contribution in [0, 0.1) is 17.8 Å². The molecule has 3 amide bonds. The van der Waals surface area contributed by atoms with Crippen molar-refractivity contribution in [3.63, 3.8) is 0 Å². The second-order valence-corrected chi connectivity index (χ2v) is 7.09. The summed E-state index contributed by atoms with van der Waals surface area (Å²) in [5.74, 6) is -2.30. The summed E-state index contributed by atoms with van der Waals surface area (Å²) in [5, 5.41) is 1.37. The Morgan fingerprint density at radius 3 is 2.41 bits per heavy atom. The van der Waals surface area contributed by atoms with Crippen molar-refractivity contribution >= 4 is 29.7 Å². The van der Waals surface area contributed by atoms with E-state index in [1.807, 2.05) is 6.08 Å². The molecule has 9 heteroatoms. The first-order valence-electron chi connectivity index (χ1n) is 9.08. The zero-order valence-electron chi connectivity index (χ0n) is 15.1. The fourth-order valence-electron chi connectivity index (χ4n) is 3.65. The Bertz CT molecular complexity index is 686. The fourth-order valence-corrected chi connectivity index (χ4v) is 3.65. The van der Waals surface area contributed by atoms with Gasteiger partial charge in [0.05, 0.1) is 5.92 Å². The maximum Gasteiger partial charge on any atom is 0.336 e. The smallest absolute Gasteiger partial charge is 0.336 e. The summed E-state index contributed by atoms with van der Waals surface area (Å²) >= 11 is 0. The molecule has 2 aliphatic carbocycles. The highest BCUT2D eigenvalue weighted by Crippen LogP contribution is 2.43. The molecule has 3 rings (SSSR count). The predicted octanol–water partition coefficient (Wildman–Crippen LogP) is 0.893. The number of carbonyl (C=O) groups is 5. The van der Waals surface area contributed by atoms with Crippen molar-refractivity contribution in [3.05, 3.63) is 12.2 Å². The molecule has 3 aliphatic rings. The first-order valence-corrected chi connectivity index (χ1v) is 9.08. The molecule has 27 heavy (non-hydrogen) atoms. The molecule has 0 radical (unpaired) electrons. The normalized spacial score (nSPS) is 25.8. The molecule has 146 valence electrons. The fraction of sp³-hybridized carbons (Fsp3) is 0.611. The molecular weight excluding hydrogens is 356 g/mol. The first-order chi connectivity index (χ1) is 12.8. The third kappa shape index (κ3) is 4.35. The van der Waals surface area contributed by atoms with Gasteiger partial charge in [-0.1, -0.05) is 12.2 Å². The number of nitrogens with zero attached hydrogens (tertiary/aromatic N) is 2. The summed E-state index contributed by atoms with van der Waals surface area (Å²) < 4.78 is 0. The van der Waals surface area contributed by atoms with Gasteiger partial charge in [-0.05, 0) is 31.1 Å². The minimum atomic E-state index is -0.764. The van der Waals surface area contributed by atoms with Crippen LogP contribution in [0.25, 0.3) is 0 Å². The van der Waals surface area contributed by atoms with E-state index in [9.17, 15) is 24.0 Å². The molecule has 9 nitrogen and oxygen atoms in total. The van der Waals surface area contributed by atoms with Crippen LogP contribution in [0.5, 0.6) is 0 Å². The van der Waals surface area contributed by atoms with Gasteiger partial charge in [0.25, 0.3) is 17.7 Å². The molecule has 1 saturated carbocycles. The van der Waals surface area contributed by atoms with Crippen molar-refractivity contribution in [3.8, 4) is 0 Å². The number of allylic oxidation sites excluding steroid dienone is 2. The van der Waals surface area contributed by atoms with E-state index in [0.717, 1.165) is 17.9 Å². The summed E-state index contributed by atoms with van der Waals surface area (Å²) in [6, 6.07) is 0. The highest BCUT2D eigenvalue weighted by molar-refractivity contribution is 6.01. The molecule has 0 aromatic rings. The summed E-state index contributed by atoms with van der Waals surface area (Å²) in [7, 11) is 1.36. The van der Waals surface area contributed by atoms with Gasteiger partial charge in [-0.25, -0.2) is 9.59 Å². The lowest BCUT2D eigenvalue weighted by atomic mass is 9.94. The number of hydrogen-bond donors (Lipinski definition) is 0. The minimum Gasteiger partial charge on any atom is -0.338 e. The predicted molar refractivity (Wildman–Crippen MR) is 88.7 cm³/mol. The van der Waals surface area contributed by atoms with Crippen LogP contribution in [-0.2, 0) is 33.6 Å². The van der Waals surface area contributed by atoms with Crippen LogP contribution in [0.4, 0.5) is 0 Å². The van der Waals surface area contributed by atoms with Crippen LogP contribution in [0.3, 0.4) is 0 Å². The average Bonchev–Trinajstić information content (AvgIpc) is 3.33. The standard InChI is InChI=1S/C18H22N2O7/c1-19(27-18(25)13-10-11-5-6-12(13)9-11)14(21)3-2-4-17(24)26-20-15(22)7-8-16(20)23/h5-6,11-13H,2-4,7-10H2,1H3. The van der Waals surface area contributed by atoms with Gasteiger partial charge in [-0.2, -0.15) is 5.06 Å². The van der Waals surface area contributed by atoms with Crippen LogP contribution in [-0.4, -0.2) is 46.8 Å². The zero-order chi connectivity index (χ0) is 19.6. The number of fused-ring (bicyclic) bond motifs is 2. The van der Waals surface area contributed by atoms with Crippen molar-refractivity contribution in [2.24, 2.45) is 17.8 Å². The summed E-state index contributed by atoms with van der Waals surface area (Å²) in [6.45, 7) is 0. The number of imide groups is 1. The van der Waals surface area contributed by atoms with Gasteiger partial charge in [0, 0.05) is 32.7 Å². The second-order valence-electron chi connectivity index (χ2n) is 7.09. The van der Waals surface area contributed by atoms with E-state index in [4.69, 9.17) is 9.68 Å². The molecule has 1 heterocycles. The third-order valence-electron chi connectivity index (χ3n) is 5.13. The Labute approximate surface area is 156 Å².